The Morgan fingerprint density at radius 2 is 1.68 bits per heavy atom. The second kappa shape index (κ2) is 5.16. The number of hydrogen-bond donors (Lipinski definition) is 2. The lowest BCUT2D eigenvalue weighted by Gasteiger charge is -2.11. The van der Waals surface area contributed by atoms with Crippen LogP contribution in [0.4, 0.5) is 5.69 Å². The van der Waals surface area contributed by atoms with Crippen LogP contribution in [0.3, 0.4) is 0 Å². The third-order valence-electron chi connectivity index (χ3n) is 3.10. The van der Waals surface area contributed by atoms with Crippen molar-refractivity contribution in [2.75, 3.05) is 5.32 Å². The van der Waals surface area contributed by atoms with E-state index in [0.717, 1.165) is 11.2 Å². The minimum Gasteiger partial charge on any atom is -0.379 e. The van der Waals surface area contributed by atoms with Crippen LogP contribution in [0.25, 0.3) is 10.9 Å². The number of halogens is 2. The van der Waals surface area contributed by atoms with Crippen LogP contribution in [-0.2, 0) is 6.54 Å². The molecular formula is C15H12Cl2N2. The van der Waals surface area contributed by atoms with Crippen molar-refractivity contribution in [3.05, 3.63) is 64.3 Å². The summed E-state index contributed by atoms with van der Waals surface area (Å²) in [5, 5.41) is 5.77. The van der Waals surface area contributed by atoms with Gasteiger partial charge >= 0.3 is 0 Å². The van der Waals surface area contributed by atoms with Gasteiger partial charge in [0.05, 0.1) is 15.7 Å². The van der Waals surface area contributed by atoms with Gasteiger partial charge in [-0.25, -0.2) is 0 Å². The Morgan fingerprint density at radius 1 is 0.947 bits per heavy atom. The van der Waals surface area contributed by atoms with Gasteiger partial charge in [-0.2, -0.15) is 0 Å². The van der Waals surface area contributed by atoms with Crippen molar-refractivity contribution in [2.45, 2.75) is 6.54 Å². The molecule has 0 saturated carbocycles. The average Bonchev–Trinajstić information content (AvgIpc) is 2.87. The number of rotatable bonds is 3. The molecule has 0 aliphatic carbocycles. The van der Waals surface area contributed by atoms with E-state index in [2.05, 4.69) is 28.5 Å². The summed E-state index contributed by atoms with van der Waals surface area (Å²) in [5.74, 6) is 0. The van der Waals surface area contributed by atoms with Crippen LogP contribution in [0.2, 0.25) is 10.0 Å². The van der Waals surface area contributed by atoms with Crippen molar-refractivity contribution < 1.29 is 0 Å². The van der Waals surface area contributed by atoms with Crippen molar-refractivity contribution in [3.63, 3.8) is 0 Å². The number of fused-ring (bicyclic) bond motifs is 1. The van der Waals surface area contributed by atoms with Crippen molar-refractivity contribution >= 4 is 39.8 Å². The van der Waals surface area contributed by atoms with Crippen LogP contribution < -0.4 is 5.32 Å². The molecule has 0 atom stereocenters. The van der Waals surface area contributed by atoms with E-state index in [9.17, 15) is 0 Å². The number of aromatic nitrogens is 1. The Bertz CT molecular complexity index is 699. The predicted octanol–water partition coefficient (Wildman–Crippen LogP) is 5.09. The first-order valence-corrected chi connectivity index (χ1v) is 6.74. The van der Waals surface area contributed by atoms with Gasteiger partial charge in [0, 0.05) is 23.6 Å². The van der Waals surface area contributed by atoms with Crippen molar-refractivity contribution in [1.82, 2.24) is 4.98 Å². The summed E-state index contributed by atoms with van der Waals surface area (Å²) in [5.41, 5.74) is 3.11. The van der Waals surface area contributed by atoms with Crippen LogP contribution in [0, 0.1) is 0 Å². The van der Waals surface area contributed by atoms with Gasteiger partial charge in [-0.1, -0.05) is 41.4 Å². The smallest absolute Gasteiger partial charge is 0.0721 e. The first kappa shape index (κ1) is 12.4. The Morgan fingerprint density at radius 3 is 2.47 bits per heavy atom. The second-order valence-corrected chi connectivity index (χ2v) is 5.12. The standard InChI is InChI=1S/C15H12Cl2N2/c16-12-4-2-5-13(17)15(12)19-9-10-3-1-6-14-11(10)7-8-18-14/h1-8,18-19H,9H2. The molecule has 2 nitrogen and oxygen atoms in total. The largest absolute Gasteiger partial charge is 0.379 e. The molecule has 0 amide bonds. The van der Waals surface area contributed by atoms with Gasteiger partial charge in [-0.05, 0) is 29.8 Å². The van der Waals surface area contributed by atoms with Gasteiger partial charge in [0.2, 0.25) is 0 Å². The molecule has 0 saturated heterocycles. The highest BCUT2D eigenvalue weighted by Gasteiger charge is 2.06. The molecular weight excluding hydrogens is 279 g/mol. The van der Waals surface area contributed by atoms with E-state index >= 15 is 0 Å². The molecule has 19 heavy (non-hydrogen) atoms. The summed E-state index contributed by atoms with van der Waals surface area (Å²) in [7, 11) is 0. The van der Waals surface area contributed by atoms with E-state index in [0.29, 0.717) is 16.6 Å². The third kappa shape index (κ3) is 2.42. The van der Waals surface area contributed by atoms with Crippen molar-refractivity contribution in [2.24, 2.45) is 0 Å². The predicted molar refractivity (Wildman–Crippen MR) is 82.1 cm³/mol. The van der Waals surface area contributed by atoms with E-state index in [1.807, 2.05) is 30.5 Å². The lowest BCUT2D eigenvalue weighted by Crippen LogP contribution is -2.00. The van der Waals surface area contributed by atoms with E-state index in [1.54, 1.807) is 0 Å². The van der Waals surface area contributed by atoms with Gasteiger partial charge in [-0.15, -0.1) is 0 Å². The van der Waals surface area contributed by atoms with E-state index in [1.165, 1.54) is 10.9 Å². The molecule has 1 aromatic heterocycles. The number of hydrogen-bond acceptors (Lipinski definition) is 1. The Labute approximate surface area is 121 Å². The fourth-order valence-electron chi connectivity index (χ4n) is 2.15. The minimum absolute atomic E-state index is 0.633. The SMILES string of the molecule is Clc1cccc(Cl)c1NCc1cccc2[nH]ccc12. The average molecular weight is 291 g/mol. The third-order valence-corrected chi connectivity index (χ3v) is 3.73. The van der Waals surface area contributed by atoms with Gasteiger partial charge in [-0.3, -0.25) is 0 Å². The van der Waals surface area contributed by atoms with Gasteiger partial charge in [0.1, 0.15) is 0 Å². The summed E-state index contributed by atoms with van der Waals surface area (Å²) in [4.78, 5) is 3.20. The Hall–Kier alpha value is -1.64. The van der Waals surface area contributed by atoms with E-state index in [4.69, 9.17) is 23.2 Å². The fraction of sp³-hybridized carbons (Fsp3) is 0.0667. The van der Waals surface area contributed by atoms with Crippen LogP contribution in [0.5, 0.6) is 0 Å². The second-order valence-electron chi connectivity index (χ2n) is 4.31. The highest BCUT2D eigenvalue weighted by Crippen LogP contribution is 2.30. The van der Waals surface area contributed by atoms with E-state index < -0.39 is 0 Å². The quantitative estimate of drug-likeness (QED) is 0.691. The Kier molecular flexibility index (Phi) is 3.36. The molecule has 0 aliphatic rings. The van der Waals surface area contributed by atoms with Gasteiger partial charge in [0.15, 0.2) is 0 Å². The highest BCUT2D eigenvalue weighted by atomic mass is 35.5. The summed E-state index contributed by atoms with van der Waals surface area (Å²) in [6, 6.07) is 13.7. The molecule has 0 spiro atoms. The van der Waals surface area contributed by atoms with Crippen LogP contribution in [-0.4, -0.2) is 4.98 Å². The maximum Gasteiger partial charge on any atom is 0.0721 e. The first-order chi connectivity index (χ1) is 9.25. The maximum absolute atomic E-state index is 6.14. The van der Waals surface area contributed by atoms with E-state index in [-0.39, 0.29) is 0 Å². The summed E-state index contributed by atoms with van der Waals surface area (Å²) in [6.07, 6.45) is 1.94. The molecule has 0 bridgehead atoms. The number of aromatic amines is 1. The molecule has 1 heterocycles. The highest BCUT2D eigenvalue weighted by molar-refractivity contribution is 6.39. The number of nitrogens with one attached hydrogen (secondary N) is 2. The maximum atomic E-state index is 6.14. The van der Waals surface area contributed by atoms with Gasteiger partial charge < -0.3 is 10.3 Å². The molecule has 3 aromatic rings. The topological polar surface area (TPSA) is 27.8 Å². The summed E-state index contributed by atoms with van der Waals surface area (Å²) < 4.78 is 0. The molecule has 96 valence electrons. The molecule has 4 heteroatoms. The van der Waals surface area contributed by atoms with Crippen molar-refractivity contribution in [3.8, 4) is 0 Å². The zero-order chi connectivity index (χ0) is 13.2. The lowest BCUT2D eigenvalue weighted by atomic mass is 10.1. The number of anilines is 1. The zero-order valence-corrected chi connectivity index (χ0v) is 11.6. The number of para-hydroxylation sites is 1. The molecule has 2 N–H and O–H groups in total. The molecule has 3 rings (SSSR count). The van der Waals surface area contributed by atoms with Crippen LogP contribution >= 0.6 is 23.2 Å². The fourth-order valence-corrected chi connectivity index (χ4v) is 2.69. The summed E-state index contributed by atoms with van der Waals surface area (Å²) >= 11 is 12.3. The molecule has 0 aliphatic heterocycles. The first-order valence-electron chi connectivity index (χ1n) is 5.98. The van der Waals surface area contributed by atoms with Crippen LogP contribution in [0.15, 0.2) is 48.7 Å². The number of H-pyrrole nitrogens is 1. The number of benzene rings is 2. The monoisotopic (exact) mass is 290 g/mol. The molecule has 0 radical (unpaired) electrons. The van der Waals surface area contributed by atoms with Crippen molar-refractivity contribution in [1.29, 1.82) is 0 Å². The zero-order valence-electron chi connectivity index (χ0n) is 10.1. The molecule has 0 fully saturated rings. The lowest BCUT2D eigenvalue weighted by molar-refractivity contribution is 1.17. The summed E-state index contributed by atoms with van der Waals surface area (Å²) in [6.45, 7) is 0.679. The van der Waals surface area contributed by atoms with Crippen LogP contribution in [0.1, 0.15) is 5.56 Å². The molecule has 0 unspecified atom stereocenters. The normalized spacial score (nSPS) is 10.8. The molecule has 2 aromatic carbocycles. The Balaban J connectivity index is 1.88. The minimum atomic E-state index is 0.633. The van der Waals surface area contributed by atoms with Gasteiger partial charge in [0.25, 0.3) is 0 Å².